The predicted molar refractivity (Wildman–Crippen MR) is 110 cm³/mol. The van der Waals surface area contributed by atoms with Crippen LogP contribution in [0, 0.1) is 0 Å². The summed E-state index contributed by atoms with van der Waals surface area (Å²) in [6.07, 6.45) is 4.30. The molecule has 2 rings (SSSR count). The zero-order valence-electron chi connectivity index (χ0n) is 16.3. The first-order valence-electron chi connectivity index (χ1n) is 9.65. The average molecular weight is 380 g/mol. The molecule has 0 radical (unpaired) electrons. The van der Waals surface area contributed by atoms with Gasteiger partial charge < -0.3 is 15.4 Å². The van der Waals surface area contributed by atoms with Gasteiger partial charge in [0, 0.05) is 41.5 Å². The number of guanidine groups is 1. The molecule has 1 aliphatic rings. The summed E-state index contributed by atoms with van der Waals surface area (Å²) in [6, 6.07) is 8.69. The molecule has 1 aromatic carbocycles. The number of methoxy groups -OCH3 is 1. The van der Waals surface area contributed by atoms with Gasteiger partial charge >= 0.3 is 0 Å². The largest absolute Gasteiger partial charge is 0.380 e. The Kier molecular flexibility index (Phi) is 9.12. The minimum atomic E-state index is -0.703. The van der Waals surface area contributed by atoms with Gasteiger partial charge in [-0.05, 0) is 37.3 Å². The average Bonchev–Trinajstić information content (AvgIpc) is 2.66. The molecule has 0 aromatic heterocycles. The van der Waals surface area contributed by atoms with Crippen molar-refractivity contribution in [3.63, 3.8) is 0 Å². The van der Waals surface area contributed by atoms with Crippen LogP contribution in [-0.2, 0) is 28.7 Å². The van der Waals surface area contributed by atoms with Crippen molar-refractivity contribution in [1.82, 2.24) is 10.6 Å². The minimum Gasteiger partial charge on any atom is -0.380 e. The Morgan fingerprint density at radius 3 is 2.85 bits per heavy atom. The van der Waals surface area contributed by atoms with Gasteiger partial charge in [-0.1, -0.05) is 37.6 Å². The van der Waals surface area contributed by atoms with Crippen LogP contribution < -0.4 is 10.6 Å². The third-order valence-electron chi connectivity index (χ3n) is 4.69. The van der Waals surface area contributed by atoms with Crippen LogP contribution in [0.2, 0.25) is 0 Å². The van der Waals surface area contributed by atoms with Gasteiger partial charge in [-0.3, -0.25) is 4.21 Å². The highest BCUT2D eigenvalue weighted by atomic mass is 32.2. The molecule has 5 nitrogen and oxygen atoms in total. The monoisotopic (exact) mass is 379 g/mol. The lowest BCUT2D eigenvalue weighted by atomic mass is 9.95. The Labute approximate surface area is 160 Å². The van der Waals surface area contributed by atoms with E-state index in [-0.39, 0.29) is 0 Å². The minimum absolute atomic E-state index is 0.319. The van der Waals surface area contributed by atoms with Crippen LogP contribution in [-0.4, -0.2) is 40.9 Å². The van der Waals surface area contributed by atoms with Crippen molar-refractivity contribution in [2.45, 2.75) is 64.0 Å². The number of benzene rings is 1. The topological polar surface area (TPSA) is 62.7 Å². The van der Waals surface area contributed by atoms with Crippen molar-refractivity contribution in [3.8, 4) is 0 Å². The highest BCUT2D eigenvalue weighted by molar-refractivity contribution is 7.85. The van der Waals surface area contributed by atoms with E-state index in [1.807, 2.05) is 13.0 Å². The zero-order valence-corrected chi connectivity index (χ0v) is 17.1. The molecule has 6 heteroatoms. The first kappa shape index (κ1) is 20.9. The number of ether oxygens (including phenoxy) is 1. The second kappa shape index (κ2) is 11.3. The van der Waals surface area contributed by atoms with Crippen LogP contribution in [0.15, 0.2) is 29.3 Å². The molecule has 146 valence electrons. The van der Waals surface area contributed by atoms with Crippen LogP contribution in [0.1, 0.15) is 50.7 Å². The van der Waals surface area contributed by atoms with Crippen LogP contribution in [0.3, 0.4) is 0 Å². The number of hydrogen-bond donors (Lipinski definition) is 2. The van der Waals surface area contributed by atoms with Crippen molar-refractivity contribution in [2.75, 3.05) is 19.4 Å². The number of nitrogens with one attached hydrogen (secondary N) is 2. The van der Waals surface area contributed by atoms with Crippen molar-refractivity contribution < 1.29 is 8.95 Å². The highest BCUT2D eigenvalue weighted by Gasteiger charge is 2.25. The van der Waals surface area contributed by atoms with Gasteiger partial charge in [0.1, 0.15) is 0 Å². The summed E-state index contributed by atoms with van der Waals surface area (Å²) in [5.74, 6) is 1.60. The number of rotatable bonds is 8. The van der Waals surface area contributed by atoms with E-state index in [1.54, 1.807) is 7.11 Å². The molecule has 1 aromatic rings. The van der Waals surface area contributed by atoms with Crippen molar-refractivity contribution >= 4 is 16.8 Å². The molecular formula is C20H33N3O2S. The quantitative estimate of drug-likeness (QED) is 0.538. The number of aliphatic imine (C=N–C) groups is 1. The van der Waals surface area contributed by atoms with E-state index in [0.717, 1.165) is 49.5 Å². The van der Waals surface area contributed by atoms with Gasteiger partial charge in [-0.2, -0.15) is 0 Å². The molecule has 0 amide bonds. The second-order valence-electron chi connectivity index (χ2n) is 6.75. The molecule has 1 fully saturated rings. The van der Waals surface area contributed by atoms with Gasteiger partial charge in [0.15, 0.2) is 5.96 Å². The normalized spacial score (nSPS) is 22.0. The Balaban J connectivity index is 1.97. The van der Waals surface area contributed by atoms with Crippen molar-refractivity contribution in [2.24, 2.45) is 4.99 Å². The Bertz CT molecular complexity index is 606. The molecule has 1 saturated carbocycles. The third kappa shape index (κ3) is 6.72. The molecule has 0 heterocycles. The van der Waals surface area contributed by atoms with Gasteiger partial charge in [0.25, 0.3) is 0 Å². The molecule has 1 aliphatic carbocycles. The van der Waals surface area contributed by atoms with Crippen LogP contribution in [0.5, 0.6) is 0 Å². The summed E-state index contributed by atoms with van der Waals surface area (Å²) in [4.78, 5) is 4.75. The first-order chi connectivity index (χ1) is 12.7. The summed E-state index contributed by atoms with van der Waals surface area (Å²) in [6.45, 7) is 6.16. The first-order valence-corrected chi connectivity index (χ1v) is 11.0. The molecule has 2 N–H and O–H groups in total. The van der Waals surface area contributed by atoms with E-state index >= 15 is 0 Å². The fourth-order valence-corrected chi connectivity index (χ4v) is 4.77. The maximum absolute atomic E-state index is 12.1. The van der Waals surface area contributed by atoms with Crippen molar-refractivity contribution in [3.05, 3.63) is 35.4 Å². The van der Waals surface area contributed by atoms with E-state index in [1.165, 1.54) is 5.56 Å². The van der Waals surface area contributed by atoms with Crippen LogP contribution in [0.25, 0.3) is 0 Å². The van der Waals surface area contributed by atoms with Gasteiger partial charge in [0.2, 0.25) is 0 Å². The van der Waals surface area contributed by atoms with E-state index in [0.29, 0.717) is 24.4 Å². The maximum Gasteiger partial charge on any atom is 0.191 e. The summed E-state index contributed by atoms with van der Waals surface area (Å²) in [5, 5.41) is 7.21. The molecule has 3 unspecified atom stereocenters. The van der Waals surface area contributed by atoms with Crippen LogP contribution >= 0.6 is 0 Å². The molecular weight excluding hydrogens is 346 g/mol. The Morgan fingerprint density at radius 2 is 2.12 bits per heavy atom. The lowest BCUT2D eigenvalue weighted by Crippen LogP contribution is -2.46. The van der Waals surface area contributed by atoms with Gasteiger partial charge in [0.05, 0.1) is 13.2 Å². The zero-order chi connectivity index (χ0) is 18.8. The lowest BCUT2D eigenvalue weighted by Gasteiger charge is -2.30. The molecule has 0 spiro atoms. The van der Waals surface area contributed by atoms with Crippen LogP contribution in [0.4, 0.5) is 0 Å². The fraction of sp³-hybridized carbons (Fsp3) is 0.650. The fourth-order valence-electron chi connectivity index (χ4n) is 3.42. The van der Waals surface area contributed by atoms with E-state index in [9.17, 15) is 4.21 Å². The Hall–Kier alpha value is -1.40. The molecule has 0 bridgehead atoms. The molecule has 26 heavy (non-hydrogen) atoms. The summed E-state index contributed by atoms with van der Waals surface area (Å²) in [5.41, 5.74) is 2.33. The standard InChI is InChI=1S/C20H33N3O2S/c1-4-21-20(22-14-16-8-6-9-17(12-16)15-25-3)23-18-10-7-11-19(13-18)26(24)5-2/h6,8-9,12,18-19H,4-5,7,10-11,13-15H2,1-3H3,(H2,21,22,23). The second-order valence-corrected chi connectivity index (χ2v) is 8.75. The molecule has 0 saturated heterocycles. The molecule has 0 aliphatic heterocycles. The maximum atomic E-state index is 12.1. The van der Waals surface area contributed by atoms with E-state index < -0.39 is 10.8 Å². The van der Waals surface area contributed by atoms with Crippen molar-refractivity contribution in [1.29, 1.82) is 0 Å². The number of hydrogen-bond acceptors (Lipinski definition) is 3. The summed E-state index contributed by atoms with van der Waals surface area (Å²) in [7, 11) is 1.01. The molecule has 3 atom stereocenters. The lowest BCUT2D eigenvalue weighted by molar-refractivity contribution is 0.185. The van der Waals surface area contributed by atoms with E-state index in [2.05, 4.69) is 35.8 Å². The van der Waals surface area contributed by atoms with Gasteiger partial charge in [-0.25, -0.2) is 4.99 Å². The van der Waals surface area contributed by atoms with Gasteiger partial charge in [-0.15, -0.1) is 0 Å². The summed E-state index contributed by atoms with van der Waals surface area (Å²) >= 11 is 0. The predicted octanol–water partition coefficient (Wildman–Crippen LogP) is 2.97. The van der Waals surface area contributed by atoms with E-state index in [4.69, 9.17) is 9.73 Å². The third-order valence-corrected chi connectivity index (χ3v) is 6.43. The SMILES string of the molecule is CCNC(=NCc1cccc(COC)c1)NC1CCCC(S(=O)CC)C1. The smallest absolute Gasteiger partial charge is 0.191 e. The number of nitrogens with zero attached hydrogens (tertiary/aromatic N) is 1. The summed E-state index contributed by atoms with van der Waals surface area (Å²) < 4.78 is 17.3. The highest BCUT2D eigenvalue weighted by Crippen LogP contribution is 2.23. The Morgan fingerprint density at radius 1 is 1.31 bits per heavy atom.